The van der Waals surface area contributed by atoms with Crippen molar-refractivity contribution in [2.24, 2.45) is 0 Å². The first kappa shape index (κ1) is 13.3. The van der Waals surface area contributed by atoms with E-state index < -0.39 is 5.97 Å². The number of hydrogen-bond donors (Lipinski definition) is 0. The molecule has 2 nitrogen and oxygen atoms in total. The first-order valence-corrected chi connectivity index (χ1v) is 6.04. The average Bonchev–Trinajstić information content (AvgIpc) is 2.35. The molecule has 0 saturated carbocycles. The monoisotopic (exact) mass is 230 g/mol. The van der Waals surface area contributed by atoms with Crippen molar-refractivity contribution in [3.63, 3.8) is 0 Å². The molecular formula is C15H18O2. The van der Waals surface area contributed by atoms with Gasteiger partial charge in [-0.1, -0.05) is 37.5 Å². The van der Waals surface area contributed by atoms with E-state index in [9.17, 15) is 4.79 Å². The predicted molar refractivity (Wildman–Crippen MR) is 68.6 cm³/mol. The minimum Gasteiger partial charge on any atom is -0.456 e. The van der Waals surface area contributed by atoms with Gasteiger partial charge in [0.2, 0.25) is 0 Å². The molecule has 0 N–H and O–H groups in total. The molecule has 1 rings (SSSR count). The molecule has 0 radical (unpaired) electrons. The Kier molecular flexibility index (Phi) is 5.88. The smallest absolute Gasteiger partial charge is 0.384 e. The van der Waals surface area contributed by atoms with Crippen molar-refractivity contribution in [1.29, 1.82) is 0 Å². The maximum Gasteiger partial charge on any atom is 0.384 e. The fraction of sp³-hybridized carbons (Fsp3) is 0.400. The molecule has 0 aliphatic rings. The van der Waals surface area contributed by atoms with Gasteiger partial charge in [0.15, 0.2) is 0 Å². The van der Waals surface area contributed by atoms with Gasteiger partial charge in [-0.05, 0) is 31.4 Å². The van der Waals surface area contributed by atoms with Crippen molar-refractivity contribution in [3.05, 3.63) is 35.4 Å². The van der Waals surface area contributed by atoms with Gasteiger partial charge in [-0.3, -0.25) is 0 Å². The lowest BCUT2D eigenvalue weighted by atomic mass is 10.0. The lowest BCUT2D eigenvalue weighted by Crippen LogP contribution is -2.00. The molecule has 0 spiro atoms. The molecule has 0 unspecified atom stereocenters. The summed E-state index contributed by atoms with van der Waals surface area (Å²) in [5, 5.41) is 0. The zero-order valence-electron chi connectivity index (χ0n) is 10.5. The van der Waals surface area contributed by atoms with Gasteiger partial charge >= 0.3 is 5.97 Å². The highest BCUT2D eigenvalue weighted by Crippen LogP contribution is 2.10. The Balaban J connectivity index is 2.78. The first-order chi connectivity index (χ1) is 8.27. The summed E-state index contributed by atoms with van der Waals surface area (Å²) >= 11 is 0. The van der Waals surface area contributed by atoms with E-state index in [-0.39, 0.29) is 0 Å². The van der Waals surface area contributed by atoms with Crippen LogP contribution in [-0.2, 0) is 16.0 Å². The predicted octanol–water partition coefficient (Wildman–Crippen LogP) is 2.94. The Morgan fingerprint density at radius 1 is 1.29 bits per heavy atom. The zero-order chi connectivity index (χ0) is 12.5. The van der Waals surface area contributed by atoms with Crippen molar-refractivity contribution in [2.75, 3.05) is 6.61 Å². The maximum atomic E-state index is 11.1. The molecule has 2 heteroatoms. The summed E-state index contributed by atoms with van der Waals surface area (Å²) in [7, 11) is 0. The molecule has 90 valence electrons. The topological polar surface area (TPSA) is 26.3 Å². The summed E-state index contributed by atoms with van der Waals surface area (Å²) in [5.74, 6) is 4.93. The van der Waals surface area contributed by atoms with E-state index in [1.165, 1.54) is 5.56 Å². The second kappa shape index (κ2) is 7.51. The Hall–Kier alpha value is -1.75. The summed E-state index contributed by atoms with van der Waals surface area (Å²) < 4.78 is 4.77. The van der Waals surface area contributed by atoms with E-state index in [2.05, 4.69) is 24.8 Å². The van der Waals surface area contributed by atoms with Crippen LogP contribution >= 0.6 is 0 Å². The summed E-state index contributed by atoms with van der Waals surface area (Å²) in [6.45, 7) is 4.30. The highest BCUT2D eigenvalue weighted by molar-refractivity contribution is 5.89. The number of rotatable bonds is 4. The second-order valence-electron chi connectivity index (χ2n) is 3.73. The largest absolute Gasteiger partial charge is 0.456 e. The third-order valence-corrected chi connectivity index (χ3v) is 2.39. The number of carbonyl (C=O) groups excluding carboxylic acids is 1. The SMILES string of the molecule is CCCCc1ccccc1C#CC(=O)OCC. The number of benzene rings is 1. The fourth-order valence-corrected chi connectivity index (χ4v) is 1.51. The number of carbonyl (C=O) groups is 1. The number of esters is 1. The van der Waals surface area contributed by atoms with Crippen LogP contribution in [-0.4, -0.2) is 12.6 Å². The van der Waals surface area contributed by atoms with Crippen LogP contribution in [0.1, 0.15) is 37.8 Å². The lowest BCUT2D eigenvalue weighted by molar-refractivity contribution is -0.136. The molecule has 0 bridgehead atoms. The molecule has 0 aromatic heterocycles. The molecule has 1 aromatic rings. The number of aryl methyl sites for hydroxylation is 1. The van der Waals surface area contributed by atoms with Crippen molar-refractivity contribution in [2.45, 2.75) is 33.1 Å². The quantitative estimate of drug-likeness (QED) is 0.587. The van der Waals surface area contributed by atoms with Crippen LogP contribution < -0.4 is 0 Å². The van der Waals surface area contributed by atoms with E-state index >= 15 is 0 Å². The molecule has 0 amide bonds. The van der Waals surface area contributed by atoms with Gasteiger partial charge in [-0.25, -0.2) is 4.79 Å². The van der Waals surface area contributed by atoms with Gasteiger partial charge in [0.25, 0.3) is 0 Å². The van der Waals surface area contributed by atoms with Crippen molar-refractivity contribution in [3.8, 4) is 11.8 Å². The normalized spacial score (nSPS) is 9.29. The van der Waals surface area contributed by atoms with E-state index in [4.69, 9.17) is 4.74 Å². The molecule has 0 atom stereocenters. The Morgan fingerprint density at radius 2 is 2.06 bits per heavy atom. The minimum atomic E-state index is -0.460. The van der Waals surface area contributed by atoms with E-state index in [0.717, 1.165) is 24.8 Å². The highest BCUT2D eigenvalue weighted by atomic mass is 16.5. The second-order valence-corrected chi connectivity index (χ2v) is 3.73. The summed E-state index contributed by atoms with van der Waals surface area (Å²) in [4.78, 5) is 11.1. The fourth-order valence-electron chi connectivity index (χ4n) is 1.51. The van der Waals surface area contributed by atoms with Crippen LogP contribution in [0.25, 0.3) is 0 Å². The Bertz CT molecular complexity index is 424. The van der Waals surface area contributed by atoms with Crippen LogP contribution in [0.5, 0.6) is 0 Å². The summed E-state index contributed by atoms with van der Waals surface area (Å²) in [5.41, 5.74) is 2.13. The van der Waals surface area contributed by atoms with Gasteiger partial charge in [-0.2, -0.15) is 0 Å². The molecular weight excluding hydrogens is 212 g/mol. The zero-order valence-corrected chi connectivity index (χ0v) is 10.5. The highest BCUT2D eigenvalue weighted by Gasteiger charge is 1.99. The van der Waals surface area contributed by atoms with E-state index in [1.807, 2.05) is 18.2 Å². The van der Waals surface area contributed by atoms with Gasteiger partial charge in [0.05, 0.1) is 6.61 Å². The van der Waals surface area contributed by atoms with Crippen LogP contribution in [0.4, 0.5) is 0 Å². The molecule has 0 fully saturated rings. The third kappa shape index (κ3) is 4.74. The van der Waals surface area contributed by atoms with Crippen LogP contribution in [0.15, 0.2) is 24.3 Å². The van der Waals surface area contributed by atoms with Crippen LogP contribution in [0, 0.1) is 11.8 Å². The molecule has 0 aliphatic heterocycles. The lowest BCUT2D eigenvalue weighted by Gasteiger charge is -2.02. The Labute approximate surface area is 103 Å². The van der Waals surface area contributed by atoms with Crippen molar-refractivity contribution < 1.29 is 9.53 Å². The van der Waals surface area contributed by atoms with Crippen LogP contribution in [0.3, 0.4) is 0 Å². The average molecular weight is 230 g/mol. The number of hydrogen-bond acceptors (Lipinski definition) is 2. The Morgan fingerprint density at radius 3 is 2.76 bits per heavy atom. The van der Waals surface area contributed by atoms with Gasteiger partial charge in [0.1, 0.15) is 0 Å². The molecule has 0 saturated heterocycles. The number of ether oxygens (including phenoxy) is 1. The molecule has 17 heavy (non-hydrogen) atoms. The summed E-state index contributed by atoms with van der Waals surface area (Å²) in [6, 6.07) is 7.94. The summed E-state index contributed by atoms with van der Waals surface area (Å²) in [6.07, 6.45) is 3.29. The van der Waals surface area contributed by atoms with Gasteiger partial charge in [-0.15, -0.1) is 0 Å². The van der Waals surface area contributed by atoms with E-state index in [0.29, 0.717) is 6.61 Å². The molecule has 0 aliphatic carbocycles. The molecule has 1 aromatic carbocycles. The maximum absolute atomic E-state index is 11.1. The van der Waals surface area contributed by atoms with E-state index in [1.54, 1.807) is 6.92 Å². The first-order valence-electron chi connectivity index (χ1n) is 6.04. The number of unbranched alkanes of at least 4 members (excludes halogenated alkanes) is 1. The minimum absolute atomic E-state index is 0.366. The van der Waals surface area contributed by atoms with Crippen molar-refractivity contribution in [1.82, 2.24) is 0 Å². The van der Waals surface area contributed by atoms with Crippen LogP contribution in [0.2, 0.25) is 0 Å². The molecule has 0 heterocycles. The van der Waals surface area contributed by atoms with Gasteiger partial charge in [0, 0.05) is 11.5 Å². The van der Waals surface area contributed by atoms with Crippen molar-refractivity contribution >= 4 is 5.97 Å². The third-order valence-electron chi connectivity index (χ3n) is 2.39. The van der Waals surface area contributed by atoms with Gasteiger partial charge < -0.3 is 4.74 Å². The standard InChI is InChI=1S/C15H18O2/c1-3-5-8-13-9-6-7-10-14(13)11-12-15(16)17-4-2/h6-7,9-10H,3-5,8H2,1-2H3.